The van der Waals surface area contributed by atoms with Crippen LogP contribution in [0.15, 0.2) is 36.7 Å². The van der Waals surface area contributed by atoms with Gasteiger partial charge < -0.3 is 10.2 Å². The molecule has 1 heterocycles. The fourth-order valence-electron chi connectivity index (χ4n) is 2.23. The molecule has 1 aromatic heterocycles. The second-order valence-corrected chi connectivity index (χ2v) is 5.27. The summed E-state index contributed by atoms with van der Waals surface area (Å²) < 4.78 is 0. The minimum atomic E-state index is -0.425. The van der Waals surface area contributed by atoms with Gasteiger partial charge in [-0.15, -0.1) is 0 Å². The van der Waals surface area contributed by atoms with E-state index in [-0.39, 0.29) is 11.5 Å². The molecule has 0 unspecified atom stereocenters. The zero-order valence-corrected chi connectivity index (χ0v) is 13.4. The standard InChI is InChI=1S/C16H21N5O2/c1-3-4-10-20(2)16-14(21(22)23)15(18-12-19-16)17-11-13-8-6-5-7-9-13/h5-9,12H,3-4,10-11H2,1-2H3,(H,17,18,19). The third kappa shape index (κ3) is 4.38. The number of nitrogens with zero attached hydrogens (tertiary/aromatic N) is 4. The molecule has 0 aliphatic heterocycles. The van der Waals surface area contributed by atoms with Gasteiger partial charge in [-0.2, -0.15) is 0 Å². The Bertz CT molecular complexity index is 648. The Kier molecular flexibility index (Phi) is 5.85. The second kappa shape index (κ2) is 8.07. The zero-order valence-electron chi connectivity index (χ0n) is 13.4. The smallest absolute Gasteiger partial charge is 0.353 e. The molecule has 0 aliphatic rings. The average Bonchev–Trinajstić information content (AvgIpc) is 2.58. The Morgan fingerprint density at radius 2 is 2.00 bits per heavy atom. The van der Waals surface area contributed by atoms with Crippen molar-refractivity contribution in [1.82, 2.24) is 9.97 Å². The molecule has 0 fully saturated rings. The maximum Gasteiger partial charge on any atom is 0.353 e. The molecule has 1 aromatic carbocycles. The van der Waals surface area contributed by atoms with Gasteiger partial charge in [0.15, 0.2) is 0 Å². The number of nitro groups is 1. The van der Waals surface area contributed by atoms with Crippen molar-refractivity contribution in [3.05, 3.63) is 52.3 Å². The van der Waals surface area contributed by atoms with Crippen LogP contribution in [0.1, 0.15) is 25.3 Å². The van der Waals surface area contributed by atoms with E-state index in [2.05, 4.69) is 22.2 Å². The highest BCUT2D eigenvalue weighted by molar-refractivity contribution is 5.70. The van der Waals surface area contributed by atoms with Gasteiger partial charge in [0.2, 0.25) is 11.6 Å². The number of aromatic nitrogens is 2. The van der Waals surface area contributed by atoms with E-state index in [1.165, 1.54) is 6.33 Å². The number of unbranched alkanes of at least 4 members (excludes halogenated alkanes) is 1. The van der Waals surface area contributed by atoms with Crippen LogP contribution in [0.25, 0.3) is 0 Å². The lowest BCUT2D eigenvalue weighted by molar-refractivity contribution is -0.383. The highest BCUT2D eigenvalue weighted by Gasteiger charge is 2.25. The summed E-state index contributed by atoms with van der Waals surface area (Å²) in [5.74, 6) is 0.584. The number of hydrogen-bond donors (Lipinski definition) is 1. The lowest BCUT2D eigenvalue weighted by Crippen LogP contribution is -2.21. The first-order valence-corrected chi connectivity index (χ1v) is 7.61. The normalized spacial score (nSPS) is 10.3. The topological polar surface area (TPSA) is 84.2 Å². The summed E-state index contributed by atoms with van der Waals surface area (Å²) >= 11 is 0. The van der Waals surface area contributed by atoms with Crippen molar-refractivity contribution in [3.8, 4) is 0 Å². The molecule has 7 nitrogen and oxygen atoms in total. The van der Waals surface area contributed by atoms with E-state index in [1.807, 2.05) is 37.4 Å². The largest absolute Gasteiger partial charge is 0.360 e. The molecule has 0 bridgehead atoms. The first-order valence-electron chi connectivity index (χ1n) is 7.61. The van der Waals surface area contributed by atoms with Crippen LogP contribution in [0, 0.1) is 10.1 Å². The van der Waals surface area contributed by atoms with Gasteiger partial charge in [-0.3, -0.25) is 10.1 Å². The summed E-state index contributed by atoms with van der Waals surface area (Å²) in [6.45, 7) is 3.26. The number of nitrogens with one attached hydrogen (secondary N) is 1. The number of anilines is 2. The highest BCUT2D eigenvalue weighted by Crippen LogP contribution is 2.31. The van der Waals surface area contributed by atoms with Gasteiger partial charge in [0, 0.05) is 20.1 Å². The van der Waals surface area contributed by atoms with E-state index in [4.69, 9.17) is 0 Å². The zero-order chi connectivity index (χ0) is 16.7. The number of hydrogen-bond acceptors (Lipinski definition) is 6. The summed E-state index contributed by atoms with van der Waals surface area (Å²) in [6.07, 6.45) is 3.32. The first kappa shape index (κ1) is 16.7. The van der Waals surface area contributed by atoms with Gasteiger partial charge >= 0.3 is 5.69 Å². The van der Waals surface area contributed by atoms with Crippen molar-refractivity contribution < 1.29 is 4.92 Å². The maximum absolute atomic E-state index is 11.5. The summed E-state index contributed by atoms with van der Waals surface area (Å²) in [4.78, 5) is 21.0. The van der Waals surface area contributed by atoms with Gasteiger partial charge in [-0.05, 0) is 12.0 Å². The van der Waals surface area contributed by atoms with Gasteiger partial charge in [0.1, 0.15) is 6.33 Å². The fraction of sp³-hybridized carbons (Fsp3) is 0.375. The van der Waals surface area contributed by atoms with E-state index in [1.54, 1.807) is 4.90 Å². The Morgan fingerprint density at radius 1 is 1.26 bits per heavy atom. The van der Waals surface area contributed by atoms with Crippen LogP contribution in [-0.4, -0.2) is 28.5 Å². The molecular weight excluding hydrogens is 294 g/mol. The van der Waals surface area contributed by atoms with E-state index >= 15 is 0 Å². The molecule has 0 atom stereocenters. The van der Waals surface area contributed by atoms with E-state index in [0.717, 1.165) is 18.4 Å². The van der Waals surface area contributed by atoms with Crippen LogP contribution < -0.4 is 10.2 Å². The molecule has 122 valence electrons. The Hall–Kier alpha value is -2.70. The Balaban J connectivity index is 2.23. The SMILES string of the molecule is CCCCN(C)c1ncnc(NCc2ccccc2)c1[N+](=O)[O-]. The maximum atomic E-state index is 11.5. The van der Waals surface area contributed by atoms with Crippen LogP contribution in [0.5, 0.6) is 0 Å². The summed E-state index contributed by atoms with van der Waals surface area (Å²) in [7, 11) is 1.81. The number of rotatable bonds is 8. The predicted octanol–water partition coefficient (Wildman–Crippen LogP) is 3.23. The van der Waals surface area contributed by atoms with Crippen LogP contribution >= 0.6 is 0 Å². The third-order valence-electron chi connectivity index (χ3n) is 3.50. The molecule has 0 saturated heterocycles. The molecule has 0 amide bonds. The molecule has 0 saturated carbocycles. The Labute approximate surface area is 135 Å². The van der Waals surface area contributed by atoms with Gasteiger partial charge in [-0.1, -0.05) is 43.7 Å². The molecule has 2 aromatic rings. The Morgan fingerprint density at radius 3 is 2.65 bits per heavy atom. The van der Waals surface area contributed by atoms with E-state index < -0.39 is 4.92 Å². The van der Waals surface area contributed by atoms with E-state index in [0.29, 0.717) is 18.9 Å². The lowest BCUT2D eigenvalue weighted by atomic mass is 10.2. The molecule has 0 aliphatic carbocycles. The molecule has 7 heteroatoms. The van der Waals surface area contributed by atoms with Crippen molar-refractivity contribution >= 4 is 17.3 Å². The van der Waals surface area contributed by atoms with Crippen molar-refractivity contribution in [2.24, 2.45) is 0 Å². The van der Waals surface area contributed by atoms with Crippen LogP contribution in [0.2, 0.25) is 0 Å². The first-order chi connectivity index (χ1) is 11.1. The molecule has 2 rings (SSSR count). The second-order valence-electron chi connectivity index (χ2n) is 5.27. The van der Waals surface area contributed by atoms with Crippen LogP contribution in [-0.2, 0) is 6.54 Å². The minimum Gasteiger partial charge on any atom is -0.360 e. The molecular formula is C16H21N5O2. The quantitative estimate of drug-likeness (QED) is 0.594. The molecule has 1 N–H and O–H groups in total. The minimum absolute atomic E-state index is 0.0814. The summed E-state index contributed by atoms with van der Waals surface area (Å²) in [6, 6.07) is 9.69. The van der Waals surface area contributed by atoms with Crippen molar-refractivity contribution in [2.45, 2.75) is 26.3 Å². The van der Waals surface area contributed by atoms with Crippen molar-refractivity contribution in [1.29, 1.82) is 0 Å². The van der Waals surface area contributed by atoms with Crippen LogP contribution in [0.3, 0.4) is 0 Å². The van der Waals surface area contributed by atoms with Gasteiger partial charge in [0.25, 0.3) is 0 Å². The monoisotopic (exact) mass is 315 g/mol. The van der Waals surface area contributed by atoms with Gasteiger partial charge in [-0.25, -0.2) is 9.97 Å². The summed E-state index contributed by atoms with van der Waals surface area (Å²) in [5, 5.41) is 14.5. The highest BCUT2D eigenvalue weighted by atomic mass is 16.6. The van der Waals surface area contributed by atoms with E-state index in [9.17, 15) is 10.1 Å². The average molecular weight is 315 g/mol. The molecule has 0 spiro atoms. The van der Waals surface area contributed by atoms with Crippen molar-refractivity contribution in [2.75, 3.05) is 23.8 Å². The summed E-state index contributed by atoms with van der Waals surface area (Å²) in [5.41, 5.74) is 0.948. The fourth-order valence-corrected chi connectivity index (χ4v) is 2.23. The molecule has 23 heavy (non-hydrogen) atoms. The van der Waals surface area contributed by atoms with Crippen molar-refractivity contribution in [3.63, 3.8) is 0 Å². The number of benzene rings is 1. The molecule has 0 radical (unpaired) electrons. The lowest BCUT2D eigenvalue weighted by Gasteiger charge is -2.18. The van der Waals surface area contributed by atoms with Gasteiger partial charge in [0.05, 0.1) is 4.92 Å². The predicted molar refractivity (Wildman–Crippen MR) is 90.6 cm³/mol. The van der Waals surface area contributed by atoms with Crippen LogP contribution in [0.4, 0.5) is 17.3 Å². The third-order valence-corrected chi connectivity index (χ3v) is 3.50.